The molecule has 0 aliphatic heterocycles. The molecule has 0 radical (unpaired) electrons. The van der Waals surface area contributed by atoms with Gasteiger partial charge in [0.1, 0.15) is 5.00 Å². The van der Waals surface area contributed by atoms with E-state index in [1.165, 1.54) is 29.5 Å². The van der Waals surface area contributed by atoms with E-state index in [9.17, 15) is 19.7 Å². The molecule has 1 aromatic heterocycles. The molecule has 7 nitrogen and oxygen atoms in total. The standard InChI is InChI=1S/C17H18N2O5S/c1-5-24-17(21)14-10(3)11(4)25-16(14)18-15(20)12-7-6-9(2)13(8-12)19(22)23/h6-8H,5H2,1-4H3,(H,18,20). The number of thiophene rings is 1. The summed E-state index contributed by atoms with van der Waals surface area (Å²) in [7, 11) is 0. The second-order valence-corrected chi connectivity index (χ2v) is 6.65. The van der Waals surface area contributed by atoms with Gasteiger partial charge in [0.2, 0.25) is 0 Å². The van der Waals surface area contributed by atoms with Crippen molar-refractivity contribution in [2.24, 2.45) is 0 Å². The maximum absolute atomic E-state index is 12.5. The summed E-state index contributed by atoms with van der Waals surface area (Å²) >= 11 is 1.27. The smallest absolute Gasteiger partial charge is 0.341 e. The molecule has 0 spiro atoms. The Hall–Kier alpha value is -2.74. The first-order valence-corrected chi connectivity index (χ1v) is 8.41. The number of carbonyl (C=O) groups is 2. The van der Waals surface area contributed by atoms with E-state index in [1.54, 1.807) is 20.8 Å². The van der Waals surface area contributed by atoms with Gasteiger partial charge in [-0.2, -0.15) is 0 Å². The lowest BCUT2D eigenvalue weighted by Crippen LogP contribution is -2.15. The normalized spacial score (nSPS) is 10.4. The van der Waals surface area contributed by atoms with E-state index in [0.29, 0.717) is 16.1 Å². The van der Waals surface area contributed by atoms with Gasteiger partial charge in [0, 0.05) is 22.1 Å². The zero-order chi connectivity index (χ0) is 18.7. The number of hydrogen-bond acceptors (Lipinski definition) is 6. The van der Waals surface area contributed by atoms with Crippen LogP contribution in [0.15, 0.2) is 18.2 Å². The predicted octanol–water partition coefficient (Wildman–Crippen LogP) is 4.01. The first-order valence-electron chi connectivity index (χ1n) is 7.59. The highest BCUT2D eigenvalue weighted by Gasteiger charge is 2.23. The number of nitrogens with zero attached hydrogens (tertiary/aromatic N) is 1. The highest BCUT2D eigenvalue weighted by atomic mass is 32.1. The van der Waals surface area contributed by atoms with Crippen molar-refractivity contribution in [3.8, 4) is 0 Å². The molecule has 0 atom stereocenters. The first kappa shape index (κ1) is 18.6. The third-order valence-electron chi connectivity index (χ3n) is 3.76. The van der Waals surface area contributed by atoms with Gasteiger partial charge in [0.15, 0.2) is 0 Å². The van der Waals surface area contributed by atoms with Gasteiger partial charge >= 0.3 is 5.97 Å². The number of benzene rings is 1. The van der Waals surface area contributed by atoms with Crippen LogP contribution < -0.4 is 5.32 Å². The van der Waals surface area contributed by atoms with Crippen LogP contribution in [0.3, 0.4) is 0 Å². The van der Waals surface area contributed by atoms with Crippen LogP contribution in [-0.2, 0) is 4.74 Å². The highest BCUT2D eigenvalue weighted by molar-refractivity contribution is 7.16. The Bertz CT molecular complexity index is 857. The number of rotatable bonds is 5. The number of carbonyl (C=O) groups excluding carboxylic acids is 2. The second-order valence-electron chi connectivity index (χ2n) is 5.42. The Morgan fingerprint density at radius 2 is 1.96 bits per heavy atom. The average Bonchev–Trinajstić information content (AvgIpc) is 2.81. The lowest BCUT2D eigenvalue weighted by molar-refractivity contribution is -0.385. The third-order valence-corrected chi connectivity index (χ3v) is 4.88. The van der Waals surface area contributed by atoms with Gasteiger partial charge in [-0.25, -0.2) is 4.79 Å². The fraction of sp³-hybridized carbons (Fsp3) is 0.294. The molecule has 0 fully saturated rings. The fourth-order valence-electron chi connectivity index (χ4n) is 2.29. The van der Waals surface area contributed by atoms with Gasteiger partial charge < -0.3 is 10.1 Å². The van der Waals surface area contributed by atoms with Crippen molar-refractivity contribution in [1.29, 1.82) is 0 Å². The Balaban J connectivity index is 2.36. The van der Waals surface area contributed by atoms with Crippen molar-refractivity contribution in [3.05, 3.63) is 55.4 Å². The molecule has 0 saturated carbocycles. The number of aryl methyl sites for hydroxylation is 2. The highest BCUT2D eigenvalue weighted by Crippen LogP contribution is 2.33. The molecule has 0 saturated heterocycles. The second kappa shape index (κ2) is 7.43. The molecule has 25 heavy (non-hydrogen) atoms. The Kier molecular flexibility index (Phi) is 5.53. The molecular formula is C17H18N2O5S. The van der Waals surface area contributed by atoms with Crippen LogP contribution in [0.2, 0.25) is 0 Å². The van der Waals surface area contributed by atoms with Crippen molar-refractivity contribution in [1.82, 2.24) is 0 Å². The Morgan fingerprint density at radius 1 is 1.28 bits per heavy atom. The van der Waals surface area contributed by atoms with Crippen molar-refractivity contribution < 1.29 is 19.2 Å². The average molecular weight is 362 g/mol. The van der Waals surface area contributed by atoms with E-state index in [-0.39, 0.29) is 17.9 Å². The maximum Gasteiger partial charge on any atom is 0.341 e. The quantitative estimate of drug-likeness (QED) is 0.492. The summed E-state index contributed by atoms with van der Waals surface area (Å²) in [6.45, 7) is 7.16. The molecule has 0 unspecified atom stereocenters. The molecule has 0 aliphatic rings. The van der Waals surface area contributed by atoms with Crippen LogP contribution in [0.5, 0.6) is 0 Å². The molecule has 0 aliphatic carbocycles. The number of nitro benzene ring substituents is 1. The van der Waals surface area contributed by atoms with E-state index in [1.807, 2.05) is 6.92 Å². The minimum absolute atomic E-state index is 0.128. The summed E-state index contributed by atoms with van der Waals surface area (Å²) in [5.74, 6) is -1.02. The monoisotopic (exact) mass is 362 g/mol. The SMILES string of the molecule is CCOC(=O)c1c(NC(=O)c2ccc(C)c([N+](=O)[O-])c2)sc(C)c1C. The van der Waals surface area contributed by atoms with Crippen LogP contribution in [0, 0.1) is 30.9 Å². The van der Waals surface area contributed by atoms with E-state index in [4.69, 9.17) is 4.74 Å². The van der Waals surface area contributed by atoms with Gasteiger partial charge in [0.25, 0.3) is 11.6 Å². The molecule has 1 N–H and O–H groups in total. The number of amides is 1. The van der Waals surface area contributed by atoms with Gasteiger partial charge in [-0.05, 0) is 39.3 Å². The minimum atomic E-state index is -0.532. The summed E-state index contributed by atoms with van der Waals surface area (Å²) in [5, 5.41) is 14.1. The molecular weight excluding hydrogens is 344 g/mol. The van der Waals surface area contributed by atoms with Gasteiger partial charge in [-0.1, -0.05) is 6.07 Å². The summed E-state index contributed by atoms with van der Waals surface area (Å²) < 4.78 is 5.04. The largest absolute Gasteiger partial charge is 0.462 e. The van der Waals surface area contributed by atoms with Crippen molar-refractivity contribution >= 4 is 33.9 Å². The maximum atomic E-state index is 12.5. The van der Waals surface area contributed by atoms with Crippen LogP contribution in [-0.4, -0.2) is 23.4 Å². The van der Waals surface area contributed by atoms with E-state index in [2.05, 4.69) is 5.32 Å². The summed E-state index contributed by atoms with van der Waals surface area (Å²) in [5.41, 5.74) is 1.55. The fourth-order valence-corrected chi connectivity index (χ4v) is 3.33. The zero-order valence-corrected chi connectivity index (χ0v) is 15.2. The lowest BCUT2D eigenvalue weighted by Gasteiger charge is -2.07. The van der Waals surface area contributed by atoms with Crippen molar-refractivity contribution in [2.75, 3.05) is 11.9 Å². The molecule has 1 amide bonds. The Morgan fingerprint density at radius 3 is 2.56 bits per heavy atom. The Labute approximate surface area is 148 Å². The molecule has 8 heteroatoms. The van der Waals surface area contributed by atoms with E-state index >= 15 is 0 Å². The molecule has 1 aromatic carbocycles. The molecule has 2 rings (SSSR count). The van der Waals surface area contributed by atoms with Crippen molar-refractivity contribution in [3.63, 3.8) is 0 Å². The number of nitrogens with one attached hydrogen (secondary N) is 1. The first-order chi connectivity index (χ1) is 11.8. The van der Waals surface area contributed by atoms with Crippen LogP contribution >= 0.6 is 11.3 Å². The van der Waals surface area contributed by atoms with Gasteiger partial charge in [-0.15, -0.1) is 11.3 Å². The van der Waals surface area contributed by atoms with Gasteiger partial charge in [-0.3, -0.25) is 14.9 Å². The van der Waals surface area contributed by atoms with Gasteiger partial charge in [0.05, 0.1) is 17.1 Å². The number of anilines is 1. The van der Waals surface area contributed by atoms with Crippen LogP contribution in [0.1, 0.15) is 43.6 Å². The topological polar surface area (TPSA) is 98.5 Å². The minimum Gasteiger partial charge on any atom is -0.462 e. The molecule has 132 valence electrons. The number of ether oxygens (including phenoxy) is 1. The summed E-state index contributed by atoms with van der Waals surface area (Å²) in [6.07, 6.45) is 0. The molecule has 2 aromatic rings. The van der Waals surface area contributed by atoms with Crippen LogP contribution in [0.25, 0.3) is 0 Å². The zero-order valence-electron chi connectivity index (χ0n) is 14.3. The summed E-state index contributed by atoms with van der Waals surface area (Å²) in [6, 6.07) is 4.25. The summed E-state index contributed by atoms with van der Waals surface area (Å²) in [4.78, 5) is 36.0. The number of nitro groups is 1. The van der Waals surface area contributed by atoms with E-state index in [0.717, 1.165) is 10.4 Å². The lowest BCUT2D eigenvalue weighted by atomic mass is 10.1. The molecule has 1 heterocycles. The number of esters is 1. The third kappa shape index (κ3) is 3.85. The molecule has 0 bridgehead atoms. The number of hydrogen-bond donors (Lipinski definition) is 1. The predicted molar refractivity (Wildman–Crippen MR) is 95.5 cm³/mol. The van der Waals surface area contributed by atoms with Crippen molar-refractivity contribution in [2.45, 2.75) is 27.7 Å². The van der Waals surface area contributed by atoms with Crippen LogP contribution in [0.4, 0.5) is 10.7 Å². The van der Waals surface area contributed by atoms with E-state index < -0.39 is 16.8 Å².